The summed E-state index contributed by atoms with van der Waals surface area (Å²) in [6.45, 7) is 0. The van der Waals surface area contributed by atoms with Gasteiger partial charge in [0.25, 0.3) is 0 Å². The largest absolute Gasteiger partial charge is 0.364 e. The molecule has 0 aliphatic carbocycles. The zero-order valence-electron chi connectivity index (χ0n) is 26.3. The Morgan fingerprint density at radius 3 is 1.36 bits per heavy atom. The van der Waals surface area contributed by atoms with Crippen LogP contribution in [0, 0.1) is 29.1 Å². The highest BCUT2D eigenvalue weighted by molar-refractivity contribution is 7.95. The number of nitrogens with one attached hydrogen (secondary N) is 4. The van der Waals surface area contributed by atoms with Gasteiger partial charge in [0.05, 0.1) is 5.56 Å². The van der Waals surface area contributed by atoms with E-state index < -0.39 is 47.6 Å². The summed E-state index contributed by atoms with van der Waals surface area (Å²) in [6.07, 6.45) is 0.337. The fourth-order valence-corrected chi connectivity index (χ4v) is 9.31. The van der Waals surface area contributed by atoms with E-state index in [1.54, 1.807) is 18.2 Å². The molecule has 0 unspecified atom stereocenters. The van der Waals surface area contributed by atoms with Crippen LogP contribution in [0.2, 0.25) is 0 Å². The maximum absolute atomic E-state index is 15.3. The van der Waals surface area contributed by atoms with Crippen molar-refractivity contribution in [2.45, 2.75) is 0 Å². The van der Waals surface area contributed by atoms with E-state index in [0.717, 1.165) is 15.9 Å². The molecule has 0 heterocycles. The van der Waals surface area contributed by atoms with Crippen LogP contribution in [0.1, 0.15) is 11.1 Å². The third-order valence-electron chi connectivity index (χ3n) is 7.55. The van der Waals surface area contributed by atoms with Crippen molar-refractivity contribution in [1.82, 2.24) is 21.5 Å². The molecule has 0 saturated carbocycles. The Hall–Kier alpha value is -5.10. The smallest absolute Gasteiger partial charge is 0.200 e. The Labute approximate surface area is 296 Å². The standard InChI is InChI=1S/C36H28F5N6PS2/c1-42-35(49)46-45-34(27-28(37)30(39)32(41)31(40)29(27)38)33(23-14-6-2-7-15-23)44-47-36(50)43-22-48(24-16-8-3-9-17-24,25-18-10-4-11-19-25)26-20-12-5-13-21-26/h2-21H,22H2,1H3,(H3-,42,43,44,45,46,47,49,50)/p+1. The Morgan fingerprint density at radius 1 is 0.540 bits per heavy atom. The van der Waals surface area contributed by atoms with Crippen molar-refractivity contribution in [2.75, 3.05) is 13.3 Å². The van der Waals surface area contributed by atoms with E-state index >= 15 is 8.78 Å². The van der Waals surface area contributed by atoms with E-state index in [-0.39, 0.29) is 21.5 Å². The number of nitrogens with zero attached hydrogens (tertiary/aromatic N) is 2. The predicted molar refractivity (Wildman–Crippen MR) is 199 cm³/mol. The highest BCUT2D eigenvalue weighted by atomic mass is 32.1. The van der Waals surface area contributed by atoms with E-state index in [0.29, 0.717) is 6.29 Å². The molecule has 4 N–H and O–H groups in total. The van der Waals surface area contributed by atoms with Gasteiger partial charge in [-0.15, -0.1) is 0 Å². The monoisotopic (exact) mass is 735 g/mol. The van der Waals surface area contributed by atoms with Crippen molar-refractivity contribution < 1.29 is 22.0 Å². The lowest BCUT2D eigenvalue weighted by Gasteiger charge is -2.28. The molecule has 5 aromatic rings. The second-order valence-corrected chi connectivity index (χ2v) is 14.8. The van der Waals surface area contributed by atoms with E-state index in [9.17, 15) is 13.2 Å². The van der Waals surface area contributed by atoms with Gasteiger partial charge < -0.3 is 10.6 Å². The second kappa shape index (κ2) is 16.5. The number of halogens is 5. The molecule has 0 saturated heterocycles. The molecule has 5 rings (SSSR count). The summed E-state index contributed by atoms with van der Waals surface area (Å²) in [6, 6.07) is 37.9. The average Bonchev–Trinajstić information content (AvgIpc) is 3.17. The Bertz CT molecular complexity index is 1910. The van der Waals surface area contributed by atoms with Crippen LogP contribution >= 0.6 is 31.7 Å². The highest BCUT2D eigenvalue weighted by Crippen LogP contribution is 2.54. The van der Waals surface area contributed by atoms with Crippen LogP contribution in [0.25, 0.3) is 0 Å². The van der Waals surface area contributed by atoms with Crippen molar-refractivity contribution >= 4 is 69.3 Å². The van der Waals surface area contributed by atoms with Gasteiger partial charge in [0.1, 0.15) is 40.9 Å². The number of hydrogen-bond donors (Lipinski definition) is 4. The van der Waals surface area contributed by atoms with Gasteiger partial charge in [-0.05, 0) is 60.8 Å². The Kier molecular flexibility index (Phi) is 12.0. The molecule has 0 amide bonds. The van der Waals surface area contributed by atoms with E-state index in [4.69, 9.17) is 24.4 Å². The molecule has 14 heteroatoms. The van der Waals surface area contributed by atoms with Gasteiger partial charge in [0.15, 0.2) is 33.5 Å². The number of hydrogen-bond acceptors (Lipinski definition) is 4. The van der Waals surface area contributed by atoms with Gasteiger partial charge in [-0.1, -0.05) is 84.9 Å². The number of rotatable bonds is 10. The summed E-state index contributed by atoms with van der Waals surface area (Å²) in [5.74, 6) is -10.8. The van der Waals surface area contributed by atoms with Gasteiger partial charge in [0, 0.05) is 12.6 Å². The van der Waals surface area contributed by atoms with Crippen molar-refractivity contribution in [2.24, 2.45) is 10.2 Å². The first kappa shape index (κ1) is 36.2. The predicted octanol–water partition coefficient (Wildman–Crippen LogP) is 6.00. The fourth-order valence-electron chi connectivity index (χ4n) is 5.16. The van der Waals surface area contributed by atoms with Crippen molar-refractivity contribution in [3.8, 4) is 0 Å². The van der Waals surface area contributed by atoms with Crippen LogP contribution in [0.4, 0.5) is 22.0 Å². The Balaban J connectivity index is 1.58. The molecule has 0 radical (unpaired) electrons. The maximum Gasteiger partial charge on any atom is 0.200 e. The zero-order chi connectivity index (χ0) is 35.7. The lowest BCUT2D eigenvalue weighted by molar-refractivity contribution is 0.377. The lowest BCUT2D eigenvalue weighted by atomic mass is 9.98. The SMILES string of the molecule is CNC(=S)NN=C(C(=NNC(=S)NC[P+](c1ccccc1)(c1ccccc1)c1ccccc1)c1ccccc1)c1c(F)c(F)c(F)c(F)c1F. The summed E-state index contributed by atoms with van der Waals surface area (Å²) >= 11 is 10.7. The molecule has 0 aliphatic heterocycles. The maximum atomic E-state index is 15.3. The van der Waals surface area contributed by atoms with Gasteiger partial charge in [-0.25, -0.2) is 22.0 Å². The van der Waals surface area contributed by atoms with Gasteiger partial charge >= 0.3 is 0 Å². The van der Waals surface area contributed by atoms with Gasteiger partial charge in [-0.2, -0.15) is 10.2 Å². The summed E-state index contributed by atoms with van der Waals surface area (Å²) in [5.41, 5.74) is 2.91. The van der Waals surface area contributed by atoms with Gasteiger partial charge in [0.2, 0.25) is 5.82 Å². The average molecular weight is 736 g/mol. The summed E-state index contributed by atoms with van der Waals surface area (Å²) in [5, 5.41) is 17.3. The third kappa shape index (κ3) is 7.70. The molecular formula is C36H29F5N6PS2+. The topological polar surface area (TPSA) is 72.8 Å². The molecule has 0 atom stereocenters. The molecule has 0 bridgehead atoms. The molecule has 254 valence electrons. The molecule has 0 aliphatic rings. The first-order valence-corrected chi connectivity index (χ1v) is 17.8. The first-order chi connectivity index (χ1) is 24.2. The quantitative estimate of drug-likeness (QED) is 0.0269. The summed E-state index contributed by atoms with van der Waals surface area (Å²) in [7, 11) is -0.946. The lowest BCUT2D eigenvalue weighted by Crippen LogP contribution is -2.42. The molecule has 5 aromatic carbocycles. The van der Waals surface area contributed by atoms with Crippen LogP contribution in [0.5, 0.6) is 0 Å². The van der Waals surface area contributed by atoms with Crippen LogP contribution in [-0.4, -0.2) is 35.0 Å². The molecule has 0 fully saturated rings. The highest BCUT2D eigenvalue weighted by Gasteiger charge is 2.45. The summed E-state index contributed by atoms with van der Waals surface area (Å²) in [4.78, 5) is 0. The van der Waals surface area contributed by atoms with Crippen molar-refractivity contribution in [3.63, 3.8) is 0 Å². The van der Waals surface area contributed by atoms with E-state index in [1.165, 1.54) is 19.2 Å². The normalized spacial score (nSPS) is 11.9. The molecule has 0 spiro atoms. The minimum absolute atomic E-state index is 0.0149. The minimum Gasteiger partial charge on any atom is -0.364 e. The molecule has 6 nitrogen and oxygen atoms in total. The number of hydrazone groups is 2. The Morgan fingerprint density at radius 2 is 0.920 bits per heavy atom. The first-order valence-electron chi connectivity index (χ1n) is 15.0. The van der Waals surface area contributed by atoms with E-state index in [2.05, 4.69) is 68.1 Å². The molecule has 50 heavy (non-hydrogen) atoms. The fraction of sp³-hybridized carbons (Fsp3) is 0.0556. The third-order valence-corrected chi connectivity index (χ3v) is 12.3. The molecule has 0 aromatic heterocycles. The van der Waals surface area contributed by atoms with Gasteiger partial charge in [-0.3, -0.25) is 10.9 Å². The number of benzene rings is 5. The minimum atomic E-state index is -2.39. The van der Waals surface area contributed by atoms with E-state index in [1.807, 2.05) is 54.6 Å². The van der Waals surface area contributed by atoms with Crippen LogP contribution < -0.4 is 37.4 Å². The zero-order valence-corrected chi connectivity index (χ0v) is 28.8. The van der Waals surface area contributed by atoms with Crippen LogP contribution in [0.15, 0.2) is 132 Å². The number of thiocarbonyl (C=S) groups is 2. The van der Waals surface area contributed by atoms with Crippen LogP contribution in [0.3, 0.4) is 0 Å². The molecular weight excluding hydrogens is 707 g/mol. The van der Waals surface area contributed by atoms with Crippen LogP contribution in [-0.2, 0) is 0 Å². The van der Waals surface area contributed by atoms with Crippen molar-refractivity contribution in [3.05, 3.63) is 162 Å². The van der Waals surface area contributed by atoms with Crippen molar-refractivity contribution in [1.29, 1.82) is 0 Å². The second-order valence-electron chi connectivity index (χ2n) is 10.5. The summed E-state index contributed by atoms with van der Waals surface area (Å²) < 4.78 is 73.6.